The molecule has 0 amide bonds. The van der Waals surface area contributed by atoms with E-state index < -0.39 is 5.97 Å². The molecule has 3 aromatic rings. The molecule has 7 nitrogen and oxygen atoms in total. The number of hydrogen-bond donors (Lipinski definition) is 1. The van der Waals surface area contributed by atoms with Crippen LogP contribution in [0.1, 0.15) is 12.7 Å². The first kappa shape index (κ1) is 17.5. The number of benzene rings is 2. The fourth-order valence-electron chi connectivity index (χ4n) is 2.50. The van der Waals surface area contributed by atoms with Crippen molar-refractivity contribution in [3.05, 3.63) is 70.8 Å². The quantitative estimate of drug-likeness (QED) is 0.517. The monoisotopic (exact) mass is 353 g/mol. The molecule has 0 aliphatic rings. The van der Waals surface area contributed by atoms with Gasteiger partial charge in [-0.1, -0.05) is 30.3 Å². The molecule has 1 N–H and O–H groups in total. The summed E-state index contributed by atoms with van der Waals surface area (Å²) >= 11 is 0. The van der Waals surface area contributed by atoms with E-state index in [1.54, 1.807) is 31.2 Å². The van der Waals surface area contributed by atoms with Crippen LogP contribution in [-0.4, -0.2) is 29.0 Å². The van der Waals surface area contributed by atoms with Crippen molar-refractivity contribution < 1.29 is 14.3 Å². The van der Waals surface area contributed by atoms with Crippen LogP contribution in [0.15, 0.2) is 59.4 Å². The van der Waals surface area contributed by atoms with E-state index in [0.29, 0.717) is 16.7 Å². The van der Waals surface area contributed by atoms with Crippen LogP contribution < -0.4 is 15.7 Å². The Morgan fingerprint density at radius 2 is 1.85 bits per heavy atom. The number of nitrogens with one attached hydrogen (secondary N) is 1. The lowest BCUT2D eigenvalue weighted by Crippen LogP contribution is -2.36. The number of carbonyl (C=O) groups is 1. The standard InChI is InChI=1S/C19H19N3O4/c1-2-25-18(23)12-17-21-16-11-7-6-10-15(16)19(24)22(17)20-13-26-14-8-4-3-5-9-14/h3-11,20H,2,12-13H2,1H3. The maximum absolute atomic E-state index is 12.8. The summed E-state index contributed by atoms with van der Waals surface area (Å²) in [5, 5.41) is 0.451. The number of aromatic nitrogens is 2. The third-order valence-corrected chi connectivity index (χ3v) is 3.66. The van der Waals surface area contributed by atoms with Gasteiger partial charge in [0.15, 0.2) is 6.73 Å². The molecule has 0 unspecified atom stereocenters. The lowest BCUT2D eigenvalue weighted by molar-refractivity contribution is -0.142. The summed E-state index contributed by atoms with van der Waals surface area (Å²) in [6.07, 6.45) is -0.119. The van der Waals surface area contributed by atoms with Gasteiger partial charge in [0.05, 0.1) is 17.5 Å². The minimum atomic E-state index is -0.450. The fourth-order valence-corrected chi connectivity index (χ4v) is 2.50. The summed E-state index contributed by atoms with van der Waals surface area (Å²) in [6.45, 7) is 2.03. The Morgan fingerprint density at radius 3 is 2.62 bits per heavy atom. The van der Waals surface area contributed by atoms with Gasteiger partial charge in [0, 0.05) is 0 Å². The van der Waals surface area contributed by atoms with E-state index >= 15 is 0 Å². The van der Waals surface area contributed by atoms with Gasteiger partial charge in [-0.2, -0.15) is 0 Å². The van der Waals surface area contributed by atoms with Crippen LogP contribution in [0.25, 0.3) is 10.9 Å². The van der Waals surface area contributed by atoms with Crippen molar-refractivity contribution >= 4 is 16.9 Å². The van der Waals surface area contributed by atoms with Gasteiger partial charge in [0.2, 0.25) is 0 Å². The first-order valence-electron chi connectivity index (χ1n) is 8.27. The minimum absolute atomic E-state index is 0.0414. The largest absolute Gasteiger partial charge is 0.472 e. The molecule has 0 spiro atoms. The third-order valence-electron chi connectivity index (χ3n) is 3.66. The molecule has 0 atom stereocenters. The molecular weight excluding hydrogens is 334 g/mol. The summed E-state index contributed by atoms with van der Waals surface area (Å²) in [4.78, 5) is 29.1. The van der Waals surface area contributed by atoms with Gasteiger partial charge in [0.25, 0.3) is 5.56 Å². The number of nitrogens with zero attached hydrogens (tertiary/aromatic N) is 2. The van der Waals surface area contributed by atoms with Gasteiger partial charge < -0.3 is 9.47 Å². The number of fused-ring (bicyclic) bond motifs is 1. The molecule has 0 saturated heterocycles. The molecule has 7 heteroatoms. The van der Waals surface area contributed by atoms with Crippen molar-refractivity contribution in [2.45, 2.75) is 13.3 Å². The van der Waals surface area contributed by atoms with Gasteiger partial charge in [0.1, 0.15) is 18.0 Å². The second-order valence-electron chi connectivity index (χ2n) is 5.43. The molecule has 0 aliphatic heterocycles. The molecule has 26 heavy (non-hydrogen) atoms. The van der Waals surface area contributed by atoms with E-state index in [2.05, 4.69) is 10.4 Å². The summed E-state index contributed by atoms with van der Waals surface area (Å²) in [5.41, 5.74) is 3.11. The van der Waals surface area contributed by atoms with Crippen LogP contribution in [-0.2, 0) is 16.0 Å². The molecule has 0 saturated carbocycles. The molecule has 3 rings (SSSR count). The van der Waals surface area contributed by atoms with Gasteiger partial charge in [-0.05, 0) is 31.2 Å². The summed E-state index contributed by atoms with van der Waals surface area (Å²) in [6, 6.07) is 16.2. The van der Waals surface area contributed by atoms with Gasteiger partial charge >= 0.3 is 5.97 Å². The second kappa shape index (κ2) is 8.15. The molecule has 0 bridgehead atoms. The highest BCUT2D eigenvalue weighted by atomic mass is 16.5. The first-order valence-corrected chi connectivity index (χ1v) is 8.27. The van der Waals surface area contributed by atoms with Crippen molar-refractivity contribution in [2.24, 2.45) is 0 Å². The van der Waals surface area contributed by atoms with Crippen molar-refractivity contribution in [2.75, 3.05) is 18.8 Å². The number of hydrogen-bond acceptors (Lipinski definition) is 6. The van der Waals surface area contributed by atoms with E-state index in [-0.39, 0.29) is 31.1 Å². The van der Waals surface area contributed by atoms with Crippen LogP contribution in [0, 0.1) is 0 Å². The topological polar surface area (TPSA) is 82.5 Å². The lowest BCUT2D eigenvalue weighted by Gasteiger charge is -2.15. The summed E-state index contributed by atoms with van der Waals surface area (Å²) < 4.78 is 11.8. The van der Waals surface area contributed by atoms with Gasteiger partial charge in [-0.3, -0.25) is 15.0 Å². The van der Waals surface area contributed by atoms with Crippen LogP contribution in [0.5, 0.6) is 5.75 Å². The van der Waals surface area contributed by atoms with E-state index in [1.165, 1.54) is 4.68 Å². The van der Waals surface area contributed by atoms with Crippen molar-refractivity contribution in [1.82, 2.24) is 9.66 Å². The second-order valence-corrected chi connectivity index (χ2v) is 5.43. The van der Waals surface area contributed by atoms with Crippen LogP contribution in [0.3, 0.4) is 0 Å². The van der Waals surface area contributed by atoms with Gasteiger partial charge in [-0.25, -0.2) is 9.66 Å². The zero-order valence-corrected chi connectivity index (χ0v) is 14.3. The molecule has 0 radical (unpaired) electrons. The number of rotatable bonds is 7. The van der Waals surface area contributed by atoms with E-state index in [0.717, 1.165) is 0 Å². The first-order chi connectivity index (χ1) is 12.7. The van der Waals surface area contributed by atoms with Crippen molar-refractivity contribution in [3.8, 4) is 5.75 Å². The highest BCUT2D eigenvalue weighted by Gasteiger charge is 2.15. The molecule has 1 aromatic heterocycles. The fraction of sp³-hybridized carbons (Fsp3) is 0.211. The number of ether oxygens (including phenoxy) is 2. The number of para-hydroxylation sites is 2. The zero-order valence-electron chi connectivity index (χ0n) is 14.3. The van der Waals surface area contributed by atoms with Crippen LogP contribution in [0.4, 0.5) is 0 Å². The van der Waals surface area contributed by atoms with Crippen LogP contribution >= 0.6 is 0 Å². The predicted molar refractivity (Wildman–Crippen MR) is 97.6 cm³/mol. The number of esters is 1. The molecule has 134 valence electrons. The Kier molecular flexibility index (Phi) is 5.48. The van der Waals surface area contributed by atoms with Crippen molar-refractivity contribution in [3.63, 3.8) is 0 Å². The molecule has 0 fully saturated rings. The molecule has 2 aromatic carbocycles. The predicted octanol–water partition coefficient (Wildman–Crippen LogP) is 2.08. The Morgan fingerprint density at radius 1 is 1.12 bits per heavy atom. The highest BCUT2D eigenvalue weighted by Crippen LogP contribution is 2.09. The Balaban J connectivity index is 1.88. The summed E-state index contributed by atoms with van der Waals surface area (Å²) in [7, 11) is 0. The minimum Gasteiger partial charge on any atom is -0.472 e. The van der Waals surface area contributed by atoms with E-state index in [1.807, 2.05) is 30.3 Å². The zero-order chi connectivity index (χ0) is 18.4. The van der Waals surface area contributed by atoms with Crippen molar-refractivity contribution in [1.29, 1.82) is 0 Å². The summed E-state index contributed by atoms with van der Waals surface area (Å²) in [5.74, 6) is 0.478. The molecule has 1 heterocycles. The van der Waals surface area contributed by atoms with Crippen LogP contribution in [0.2, 0.25) is 0 Å². The lowest BCUT2D eigenvalue weighted by atomic mass is 10.2. The maximum atomic E-state index is 12.8. The van der Waals surface area contributed by atoms with E-state index in [9.17, 15) is 9.59 Å². The molecular formula is C19H19N3O4. The third kappa shape index (κ3) is 4.00. The SMILES string of the molecule is CCOC(=O)Cc1nc2ccccc2c(=O)n1NCOc1ccccc1. The van der Waals surface area contributed by atoms with E-state index in [4.69, 9.17) is 9.47 Å². The Hall–Kier alpha value is -3.35. The normalized spacial score (nSPS) is 10.5. The number of carbonyl (C=O) groups excluding carboxylic acids is 1. The smallest absolute Gasteiger partial charge is 0.313 e. The average molecular weight is 353 g/mol. The van der Waals surface area contributed by atoms with Gasteiger partial charge in [-0.15, -0.1) is 0 Å². The highest BCUT2D eigenvalue weighted by molar-refractivity contribution is 5.78. The Labute approximate surface area is 150 Å². The maximum Gasteiger partial charge on any atom is 0.313 e. The average Bonchev–Trinajstić information content (AvgIpc) is 2.65. The molecule has 0 aliphatic carbocycles. The Bertz CT molecular complexity index is 954.